The van der Waals surface area contributed by atoms with Crippen molar-refractivity contribution in [1.29, 1.82) is 0 Å². The summed E-state index contributed by atoms with van der Waals surface area (Å²) in [5, 5.41) is 2.83. The number of hydrogen-bond acceptors (Lipinski definition) is 3. The number of carbonyl (C=O) groups is 1. The van der Waals surface area contributed by atoms with Gasteiger partial charge in [0.25, 0.3) is 0 Å². The van der Waals surface area contributed by atoms with Crippen LogP contribution in [-0.4, -0.2) is 36.2 Å². The molecule has 0 aromatic heterocycles. The van der Waals surface area contributed by atoms with E-state index in [1.165, 1.54) is 5.56 Å². The van der Waals surface area contributed by atoms with Crippen LogP contribution in [-0.2, 0) is 11.3 Å². The minimum absolute atomic E-state index is 0.0382. The van der Waals surface area contributed by atoms with Gasteiger partial charge in [-0.15, -0.1) is 0 Å². The first-order valence-electron chi connectivity index (χ1n) is 5.55. The summed E-state index contributed by atoms with van der Waals surface area (Å²) < 4.78 is 5.16. The Kier molecular flexibility index (Phi) is 2.29. The molecule has 2 aliphatic rings. The third-order valence-electron chi connectivity index (χ3n) is 3.15. The van der Waals surface area contributed by atoms with Crippen LogP contribution in [0.5, 0.6) is 0 Å². The summed E-state index contributed by atoms with van der Waals surface area (Å²) in [6, 6.07) is 10.5. The first-order chi connectivity index (χ1) is 7.81. The quantitative estimate of drug-likeness (QED) is 0.804. The molecule has 4 heteroatoms. The fraction of sp³-hybridized carbons (Fsp3) is 0.417. The zero-order chi connectivity index (χ0) is 11.0. The molecule has 0 radical (unpaired) electrons. The lowest BCUT2D eigenvalue weighted by Crippen LogP contribution is -2.32. The van der Waals surface area contributed by atoms with Gasteiger partial charge in [-0.3, -0.25) is 4.90 Å². The Bertz CT molecular complexity index is 377. The maximum absolute atomic E-state index is 11.0. The van der Waals surface area contributed by atoms with E-state index in [1.807, 2.05) is 18.2 Å². The van der Waals surface area contributed by atoms with Crippen molar-refractivity contribution in [2.75, 3.05) is 13.1 Å². The van der Waals surface area contributed by atoms with E-state index in [4.69, 9.17) is 4.74 Å². The molecule has 2 atom stereocenters. The summed E-state index contributed by atoms with van der Waals surface area (Å²) in [4.78, 5) is 13.3. The number of hydrogen-bond donors (Lipinski definition) is 1. The lowest BCUT2D eigenvalue weighted by Gasteiger charge is -2.16. The van der Waals surface area contributed by atoms with Crippen LogP contribution in [0.25, 0.3) is 0 Å². The van der Waals surface area contributed by atoms with Crippen LogP contribution in [0, 0.1) is 0 Å². The van der Waals surface area contributed by atoms with E-state index in [-0.39, 0.29) is 18.2 Å². The summed E-state index contributed by atoms with van der Waals surface area (Å²) >= 11 is 0. The van der Waals surface area contributed by atoms with Gasteiger partial charge in [-0.1, -0.05) is 30.3 Å². The number of nitrogens with one attached hydrogen (secondary N) is 1. The van der Waals surface area contributed by atoms with Crippen molar-refractivity contribution in [3.8, 4) is 0 Å². The number of amides is 1. The predicted octanol–water partition coefficient (Wildman–Crippen LogP) is 0.979. The molecule has 1 amide bonds. The number of carbonyl (C=O) groups excluding carboxylic acids is 1. The molecule has 0 saturated carbocycles. The Balaban J connectivity index is 1.62. The van der Waals surface area contributed by atoms with Gasteiger partial charge in [0.1, 0.15) is 6.10 Å². The largest absolute Gasteiger partial charge is 0.443 e. The van der Waals surface area contributed by atoms with Crippen LogP contribution in [0.15, 0.2) is 30.3 Å². The fourth-order valence-corrected chi connectivity index (χ4v) is 2.40. The average Bonchev–Trinajstić information content (AvgIpc) is 2.76. The number of benzene rings is 1. The van der Waals surface area contributed by atoms with Gasteiger partial charge in [-0.2, -0.15) is 0 Å². The van der Waals surface area contributed by atoms with Gasteiger partial charge < -0.3 is 10.1 Å². The van der Waals surface area contributed by atoms with Crippen LogP contribution >= 0.6 is 0 Å². The molecule has 0 bridgehead atoms. The minimum Gasteiger partial charge on any atom is -0.443 e. The molecule has 2 saturated heterocycles. The van der Waals surface area contributed by atoms with E-state index in [2.05, 4.69) is 22.3 Å². The van der Waals surface area contributed by atoms with Crippen LogP contribution < -0.4 is 5.32 Å². The van der Waals surface area contributed by atoms with Crippen molar-refractivity contribution in [2.24, 2.45) is 0 Å². The van der Waals surface area contributed by atoms with E-state index < -0.39 is 0 Å². The number of likely N-dealkylation sites (tertiary alicyclic amines) is 1. The van der Waals surface area contributed by atoms with Crippen molar-refractivity contribution in [1.82, 2.24) is 10.2 Å². The zero-order valence-electron chi connectivity index (χ0n) is 8.93. The smallest absolute Gasteiger partial charge is 0.407 e. The van der Waals surface area contributed by atoms with Crippen LogP contribution in [0.3, 0.4) is 0 Å². The monoisotopic (exact) mass is 218 g/mol. The number of nitrogens with zero attached hydrogens (tertiary/aromatic N) is 1. The highest BCUT2D eigenvalue weighted by Gasteiger charge is 2.41. The standard InChI is InChI=1S/C12H14N2O2/c15-12-13-10-7-14(8-11(10)16-12)6-9-4-2-1-3-5-9/h1-5,10-11H,6-8H2,(H,13,15). The van der Waals surface area contributed by atoms with Crippen LogP contribution in [0.4, 0.5) is 4.79 Å². The SMILES string of the molecule is O=C1NC2CN(Cc3ccccc3)CC2O1. The highest BCUT2D eigenvalue weighted by Crippen LogP contribution is 2.20. The van der Waals surface area contributed by atoms with Gasteiger partial charge >= 0.3 is 6.09 Å². The number of fused-ring (bicyclic) bond motifs is 1. The zero-order valence-corrected chi connectivity index (χ0v) is 8.93. The van der Waals surface area contributed by atoms with Crippen molar-refractivity contribution in [3.63, 3.8) is 0 Å². The van der Waals surface area contributed by atoms with Gasteiger partial charge in [-0.05, 0) is 5.56 Å². The second-order valence-corrected chi connectivity index (χ2v) is 4.37. The van der Waals surface area contributed by atoms with E-state index in [0.29, 0.717) is 0 Å². The van der Waals surface area contributed by atoms with E-state index in [9.17, 15) is 4.79 Å². The summed E-state index contributed by atoms with van der Waals surface area (Å²) in [5.74, 6) is 0. The molecule has 2 unspecified atom stereocenters. The molecule has 2 heterocycles. The predicted molar refractivity (Wildman–Crippen MR) is 58.9 cm³/mol. The van der Waals surface area contributed by atoms with Gasteiger partial charge in [0, 0.05) is 19.6 Å². The van der Waals surface area contributed by atoms with Crippen LogP contribution in [0.1, 0.15) is 5.56 Å². The summed E-state index contributed by atoms with van der Waals surface area (Å²) in [6.45, 7) is 2.64. The van der Waals surface area contributed by atoms with Gasteiger partial charge in [0.05, 0.1) is 6.04 Å². The number of ether oxygens (including phenoxy) is 1. The van der Waals surface area contributed by atoms with Crippen molar-refractivity contribution >= 4 is 6.09 Å². The Hall–Kier alpha value is -1.55. The highest BCUT2D eigenvalue weighted by atomic mass is 16.6. The Morgan fingerprint density at radius 2 is 2.12 bits per heavy atom. The average molecular weight is 218 g/mol. The molecule has 3 rings (SSSR count). The molecule has 16 heavy (non-hydrogen) atoms. The normalized spacial score (nSPS) is 28.6. The third-order valence-corrected chi connectivity index (χ3v) is 3.15. The second-order valence-electron chi connectivity index (χ2n) is 4.37. The molecular formula is C12H14N2O2. The molecule has 0 spiro atoms. The van der Waals surface area contributed by atoms with E-state index in [0.717, 1.165) is 19.6 Å². The Morgan fingerprint density at radius 3 is 2.88 bits per heavy atom. The molecule has 4 nitrogen and oxygen atoms in total. The number of rotatable bonds is 2. The fourth-order valence-electron chi connectivity index (χ4n) is 2.40. The van der Waals surface area contributed by atoms with Crippen molar-refractivity contribution in [3.05, 3.63) is 35.9 Å². The Labute approximate surface area is 94.2 Å². The first kappa shape index (κ1) is 9.66. The van der Waals surface area contributed by atoms with Crippen LogP contribution in [0.2, 0.25) is 0 Å². The summed E-state index contributed by atoms with van der Waals surface area (Å²) in [5.41, 5.74) is 1.30. The first-order valence-corrected chi connectivity index (χ1v) is 5.55. The number of alkyl carbamates (subject to hydrolysis) is 1. The van der Waals surface area contributed by atoms with E-state index >= 15 is 0 Å². The van der Waals surface area contributed by atoms with Gasteiger partial charge in [-0.25, -0.2) is 4.79 Å². The molecule has 2 aliphatic heterocycles. The second kappa shape index (κ2) is 3.79. The Morgan fingerprint density at radius 1 is 1.31 bits per heavy atom. The van der Waals surface area contributed by atoms with Crippen molar-refractivity contribution in [2.45, 2.75) is 18.7 Å². The molecular weight excluding hydrogens is 204 g/mol. The van der Waals surface area contributed by atoms with Gasteiger partial charge in [0.2, 0.25) is 0 Å². The summed E-state index contributed by atoms with van der Waals surface area (Å²) in [7, 11) is 0. The maximum atomic E-state index is 11.0. The maximum Gasteiger partial charge on any atom is 0.407 e. The molecule has 1 N–H and O–H groups in total. The topological polar surface area (TPSA) is 41.6 Å². The van der Waals surface area contributed by atoms with Gasteiger partial charge in [0.15, 0.2) is 0 Å². The molecule has 1 aromatic carbocycles. The van der Waals surface area contributed by atoms with Crippen molar-refractivity contribution < 1.29 is 9.53 Å². The highest BCUT2D eigenvalue weighted by molar-refractivity contribution is 5.70. The summed E-state index contributed by atoms with van der Waals surface area (Å²) in [6.07, 6.45) is -0.231. The molecule has 2 fully saturated rings. The minimum atomic E-state index is -0.269. The molecule has 1 aromatic rings. The molecule has 0 aliphatic carbocycles. The third kappa shape index (κ3) is 1.76. The lowest BCUT2D eigenvalue weighted by molar-refractivity contribution is 0.130. The van der Waals surface area contributed by atoms with E-state index in [1.54, 1.807) is 0 Å². The lowest BCUT2D eigenvalue weighted by atomic mass is 10.2. The molecule has 84 valence electrons.